The molecule has 5 rings (SSSR count). The number of anilines is 1. The average molecular weight is 590 g/mol. The molecule has 1 aromatic carbocycles. The maximum Gasteiger partial charge on any atom is 0.417 e. The van der Waals surface area contributed by atoms with E-state index in [1.54, 1.807) is 30.6 Å². The Kier molecular flexibility index (Phi) is 8.51. The van der Waals surface area contributed by atoms with E-state index in [9.17, 15) is 23.1 Å². The highest BCUT2D eigenvalue weighted by molar-refractivity contribution is 5.96. The molecule has 2 aliphatic rings. The monoisotopic (exact) mass is 589 g/mol. The molecular weight excluding hydrogens is 555 g/mol. The SMILES string of the molecule is CCOc1ncc(-c2cccc(N(CCCCCc3noc(C4(C)COC4)n3)C(=O)[C@H]3C[C@](O)(C(F)(F)F)C3)c2)cn1. The lowest BCUT2D eigenvalue weighted by Crippen LogP contribution is -2.59. The Hall–Kier alpha value is -3.58. The molecule has 1 amide bonds. The first-order valence-electron chi connectivity index (χ1n) is 14.1. The Labute approximate surface area is 241 Å². The van der Waals surface area contributed by atoms with Crippen LogP contribution in [0.1, 0.15) is 57.7 Å². The molecular formula is C29H34F3N5O5. The molecule has 2 aromatic heterocycles. The van der Waals surface area contributed by atoms with Crippen LogP contribution in [0.25, 0.3) is 11.1 Å². The zero-order chi connectivity index (χ0) is 30.0. The molecule has 42 heavy (non-hydrogen) atoms. The maximum atomic E-state index is 13.5. The van der Waals surface area contributed by atoms with E-state index in [-0.39, 0.29) is 11.4 Å². The summed E-state index contributed by atoms with van der Waals surface area (Å²) in [7, 11) is 0. The number of hydrogen-bond acceptors (Lipinski definition) is 9. The van der Waals surface area contributed by atoms with Crippen LogP contribution in [0.4, 0.5) is 18.9 Å². The van der Waals surface area contributed by atoms with Crippen LogP contribution >= 0.6 is 0 Å². The molecule has 3 heterocycles. The van der Waals surface area contributed by atoms with Crippen molar-refractivity contribution < 1.29 is 37.1 Å². The summed E-state index contributed by atoms with van der Waals surface area (Å²) in [4.78, 5) is 27.9. The van der Waals surface area contributed by atoms with Crippen LogP contribution in [0.15, 0.2) is 41.2 Å². The first kappa shape index (κ1) is 29.9. The lowest BCUT2D eigenvalue weighted by Gasteiger charge is -2.45. The van der Waals surface area contributed by atoms with Crippen LogP contribution in [0.5, 0.6) is 6.01 Å². The topological polar surface area (TPSA) is 124 Å². The van der Waals surface area contributed by atoms with Gasteiger partial charge in [-0.25, -0.2) is 9.97 Å². The first-order chi connectivity index (χ1) is 20.0. The number of unbranched alkanes of at least 4 members (excludes halogenated alkanes) is 2. The molecule has 3 aromatic rings. The van der Waals surface area contributed by atoms with Gasteiger partial charge >= 0.3 is 12.2 Å². The van der Waals surface area contributed by atoms with E-state index < -0.39 is 36.4 Å². The Morgan fingerprint density at radius 1 is 1.14 bits per heavy atom. The van der Waals surface area contributed by atoms with Gasteiger partial charge in [0.25, 0.3) is 0 Å². The lowest BCUT2D eigenvalue weighted by atomic mass is 9.69. The summed E-state index contributed by atoms with van der Waals surface area (Å²) in [5.41, 5.74) is -1.07. The van der Waals surface area contributed by atoms with Gasteiger partial charge < -0.3 is 24.0 Å². The number of aromatic nitrogens is 4. The van der Waals surface area contributed by atoms with Crippen LogP contribution in [0.3, 0.4) is 0 Å². The quantitative estimate of drug-likeness (QED) is 0.300. The van der Waals surface area contributed by atoms with Crippen LogP contribution in [0, 0.1) is 5.92 Å². The molecule has 1 aliphatic carbocycles. The number of rotatable bonds is 12. The van der Waals surface area contributed by atoms with Gasteiger partial charge in [0.15, 0.2) is 11.4 Å². The summed E-state index contributed by atoms with van der Waals surface area (Å²) < 4.78 is 55.7. The summed E-state index contributed by atoms with van der Waals surface area (Å²) in [6.45, 7) is 5.67. The molecule has 2 fully saturated rings. The van der Waals surface area contributed by atoms with E-state index in [1.807, 2.05) is 19.9 Å². The maximum absolute atomic E-state index is 13.5. The minimum absolute atomic E-state index is 0.238. The summed E-state index contributed by atoms with van der Waals surface area (Å²) in [5.74, 6) is -0.193. The van der Waals surface area contributed by atoms with E-state index in [2.05, 4.69) is 20.1 Å². The van der Waals surface area contributed by atoms with E-state index in [4.69, 9.17) is 14.0 Å². The van der Waals surface area contributed by atoms with Crippen molar-refractivity contribution in [3.63, 3.8) is 0 Å². The molecule has 1 saturated heterocycles. The normalized spacial score (nSPS) is 21.3. The minimum Gasteiger partial charge on any atom is -0.464 e. The number of alkyl halides is 3. The molecule has 226 valence electrons. The molecule has 0 bridgehead atoms. The molecule has 10 nitrogen and oxygen atoms in total. The standard InChI is InChI=1S/C29H34F3N5O5/c1-3-41-26-33-15-21(16-34-26)19-8-7-9-22(12-19)37(24(38)20-13-28(39,14-20)29(30,31)32)11-6-4-5-10-23-35-25(42-36-23)27(2)17-40-18-27/h7-9,12,15-16,20,39H,3-6,10-11,13-14,17-18H2,1-2H3/t20-,28+. The van der Waals surface area contributed by atoms with Crippen LogP contribution < -0.4 is 9.64 Å². The number of aliphatic hydroxyl groups is 1. The van der Waals surface area contributed by atoms with Crippen molar-refractivity contribution >= 4 is 11.6 Å². The van der Waals surface area contributed by atoms with Gasteiger partial charge in [0.1, 0.15) is 0 Å². The van der Waals surface area contributed by atoms with Gasteiger partial charge in [-0.1, -0.05) is 23.7 Å². The lowest BCUT2D eigenvalue weighted by molar-refractivity contribution is -0.295. The van der Waals surface area contributed by atoms with Gasteiger partial charge in [0.2, 0.25) is 11.8 Å². The smallest absolute Gasteiger partial charge is 0.417 e. The number of ether oxygens (including phenoxy) is 2. The van der Waals surface area contributed by atoms with E-state index in [0.29, 0.717) is 62.2 Å². The van der Waals surface area contributed by atoms with Crippen LogP contribution in [0.2, 0.25) is 0 Å². The number of carbonyl (C=O) groups is 1. The van der Waals surface area contributed by atoms with Gasteiger partial charge in [-0.2, -0.15) is 18.2 Å². The van der Waals surface area contributed by atoms with Crippen molar-refractivity contribution in [1.82, 2.24) is 20.1 Å². The summed E-state index contributed by atoms with van der Waals surface area (Å²) in [5, 5.41) is 14.0. The van der Waals surface area contributed by atoms with E-state index in [0.717, 1.165) is 18.4 Å². The number of benzene rings is 1. The fourth-order valence-corrected chi connectivity index (χ4v) is 5.13. The van der Waals surface area contributed by atoms with Gasteiger partial charge in [-0.15, -0.1) is 0 Å². The van der Waals surface area contributed by atoms with E-state index >= 15 is 0 Å². The second kappa shape index (κ2) is 12.0. The number of carbonyl (C=O) groups excluding carboxylic acids is 1. The summed E-state index contributed by atoms with van der Waals surface area (Å²) >= 11 is 0. The third-order valence-corrected chi connectivity index (χ3v) is 7.81. The number of halogens is 3. The predicted octanol–water partition coefficient (Wildman–Crippen LogP) is 4.66. The van der Waals surface area contributed by atoms with Crippen molar-refractivity contribution in [2.24, 2.45) is 5.92 Å². The molecule has 1 N–H and O–H groups in total. The average Bonchev–Trinajstić information content (AvgIpc) is 3.41. The molecule has 0 atom stereocenters. The highest BCUT2D eigenvalue weighted by atomic mass is 19.4. The van der Waals surface area contributed by atoms with Crippen molar-refractivity contribution in [2.75, 3.05) is 31.3 Å². The number of amides is 1. The molecule has 1 saturated carbocycles. The molecule has 0 spiro atoms. The van der Waals surface area contributed by atoms with Gasteiger partial charge in [-0.3, -0.25) is 4.79 Å². The largest absolute Gasteiger partial charge is 0.464 e. The zero-order valence-electron chi connectivity index (χ0n) is 23.6. The van der Waals surface area contributed by atoms with Crippen molar-refractivity contribution in [1.29, 1.82) is 0 Å². The fraction of sp³-hybridized carbons (Fsp3) is 0.552. The Morgan fingerprint density at radius 3 is 2.52 bits per heavy atom. The molecule has 1 aliphatic heterocycles. The summed E-state index contributed by atoms with van der Waals surface area (Å²) in [6, 6.07) is 7.40. The highest BCUT2D eigenvalue weighted by Crippen LogP contribution is 2.49. The second-order valence-corrected chi connectivity index (χ2v) is 11.2. The third-order valence-electron chi connectivity index (χ3n) is 7.81. The molecule has 0 unspecified atom stereocenters. The third kappa shape index (κ3) is 6.26. The minimum atomic E-state index is -4.78. The Morgan fingerprint density at radius 2 is 1.88 bits per heavy atom. The molecule has 13 heteroatoms. The van der Waals surface area contributed by atoms with Crippen LogP contribution in [-0.2, 0) is 21.4 Å². The van der Waals surface area contributed by atoms with Crippen molar-refractivity contribution in [3.05, 3.63) is 48.4 Å². The zero-order valence-corrected chi connectivity index (χ0v) is 23.6. The Balaban J connectivity index is 1.25. The highest BCUT2D eigenvalue weighted by Gasteiger charge is 2.63. The first-order valence-corrected chi connectivity index (χ1v) is 14.1. The summed E-state index contributed by atoms with van der Waals surface area (Å²) in [6.07, 6.45) is -0.171. The van der Waals surface area contributed by atoms with E-state index in [1.165, 1.54) is 4.90 Å². The predicted molar refractivity (Wildman–Crippen MR) is 145 cm³/mol. The van der Waals surface area contributed by atoms with Crippen molar-refractivity contribution in [2.45, 2.75) is 69.6 Å². The fourth-order valence-electron chi connectivity index (χ4n) is 5.13. The number of aryl methyl sites for hydroxylation is 1. The number of nitrogens with zero attached hydrogens (tertiary/aromatic N) is 5. The van der Waals surface area contributed by atoms with Crippen LogP contribution in [-0.4, -0.2) is 69.3 Å². The van der Waals surface area contributed by atoms with Gasteiger partial charge in [0.05, 0.1) is 25.2 Å². The van der Waals surface area contributed by atoms with Gasteiger partial charge in [0, 0.05) is 42.5 Å². The van der Waals surface area contributed by atoms with Crippen molar-refractivity contribution in [3.8, 4) is 17.1 Å². The number of hydrogen-bond donors (Lipinski definition) is 1. The second-order valence-electron chi connectivity index (χ2n) is 11.2. The molecule has 0 radical (unpaired) electrons. The van der Waals surface area contributed by atoms with Gasteiger partial charge in [-0.05, 0) is 57.2 Å². The Bertz CT molecular complexity index is 1370.